The molecule has 0 aliphatic carbocycles. The summed E-state index contributed by atoms with van der Waals surface area (Å²) >= 11 is 6.07. The first kappa shape index (κ1) is 12.1. The molecule has 0 spiro atoms. The predicted octanol–water partition coefficient (Wildman–Crippen LogP) is 3.68. The number of rotatable bonds is 3. The smallest absolute Gasteiger partial charge is 0.131 e. The van der Waals surface area contributed by atoms with Gasteiger partial charge in [0.15, 0.2) is 0 Å². The molecular weight excluding hydrogens is 239 g/mol. The lowest BCUT2D eigenvalue weighted by Crippen LogP contribution is -1.92. The third-order valence-electron chi connectivity index (χ3n) is 2.60. The number of benzene rings is 2. The summed E-state index contributed by atoms with van der Waals surface area (Å²) in [6.07, 6.45) is 0.540. The van der Waals surface area contributed by atoms with Crippen LogP contribution in [0.5, 0.6) is 0 Å². The molecule has 0 aromatic heterocycles. The molecule has 0 aliphatic rings. The van der Waals surface area contributed by atoms with Crippen molar-refractivity contribution in [1.82, 2.24) is 0 Å². The topological polar surface area (TPSA) is 20.2 Å². The lowest BCUT2D eigenvalue weighted by Gasteiger charge is -2.08. The zero-order valence-electron chi connectivity index (χ0n) is 9.16. The van der Waals surface area contributed by atoms with Crippen molar-refractivity contribution in [1.29, 1.82) is 0 Å². The molecule has 0 amide bonds. The van der Waals surface area contributed by atoms with E-state index in [1.165, 1.54) is 6.07 Å². The first-order valence-corrected chi connectivity index (χ1v) is 5.74. The Morgan fingerprint density at radius 3 is 2.53 bits per heavy atom. The van der Waals surface area contributed by atoms with Crippen molar-refractivity contribution >= 4 is 11.6 Å². The van der Waals surface area contributed by atoms with Crippen molar-refractivity contribution < 1.29 is 9.50 Å². The van der Waals surface area contributed by atoms with Crippen LogP contribution in [0.4, 0.5) is 4.39 Å². The van der Waals surface area contributed by atoms with Gasteiger partial charge in [-0.1, -0.05) is 35.9 Å². The molecule has 0 fully saturated rings. The van der Waals surface area contributed by atoms with Crippen LogP contribution in [0.25, 0.3) is 11.1 Å². The van der Waals surface area contributed by atoms with E-state index in [4.69, 9.17) is 16.7 Å². The van der Waals surface area contributed by atoms with Gasteiger partial charge in [0.25, 0.3) is 0 Å². The molecule has 0 saturated carbocycles. The average molecular weight is 251 g/mol. The normalized spacial score (nSPS) is 10.5. The van der Waals surface area contributed by atoms with E-state index in [2.05, 4.69) is 0 Å². The van der Waals surface area contributed by atoms with Crippen LogP contribution in [0.15, 0.2) is 42.5 Å². The zero-order valence-corrected chi connectivity index (χ0v) is 9.91. The molecule has 0 heterocycles. The van der Waals surface area contributed by atoms with Crippen LogP contribution in [0, 0.1) is 5.82 Å². The molecule has 0 saturated heterocycles. The van der Waals surface area contributed by atoms with E-state index in [9.17, 15) is 4.39 Å². The molecule has 0 aliphatic heterocycles. The lowest BCUT2D eigenvalue weighted by molar-refractivity contribution is 0.299. The maximum atomic E-state index is 13.7. The lowest BCUT2D eigenvalue weighted by atomic mass is 10.0. The van der Waals surface area contributed by atoms with Gasteiger partial charge in [-0.2, -0.15) is 0 Å². The summed E-state index contributed by atoms with van der Waals surface area (Å²) in [6.45, 7) is 0.0678. The van der Waals surface area contributed by atoms with E-state index in [0.29, 0.717) is 22.6 Å². The summed E-state index contributed by atoms with van der Waals surface area (Å²) in [5.41, 5.74) is 2.09. The summed E-state index contributed by atoms with van der Waals surface area (Å²) in [5.74, 6) is -0.296. The summed E-state index contributed by atoms with van der Waals surface area (Å²) in [6, 6.07) is 11.9. The zero-order chi connectivity index (χ0) is 12.3. The molecule has 88 valence electrons. The number of aliphatic hydroxyl groups excluding tert-OH is 1. The molecule has 0 unspecified atom stereocenters. The van der Waals surface area contributed by atoms with Crippen molar-refractivity contribution in [2.24, 2.45) is 0 Å². The second-order valence-electron chi connectivity index (χ2n) is 3.77. The molecule has 0 atom stereocenters. The highest BCUT2D eigenvalue weighted by atomic mass is 35.5. The second-order valence-corrected chi connectivity index (χ2v) is 4.17. The van der Waals surface area contributed by atoms with Crippen molar-refractivity contribution in [2.45, 2.75) is 6.42 Å². The first-order chi connectivity index (χ1) is 8.22. The van der Waals surface area contributed by atoms with Crippen LogP contribution in [0.1, 0.15) is 5.56 Å². The van der Waals surface area contributed by atoms with Crippen molar-refractivity contribution in [3.63, 3.8) is 0 Å². The standard InChI is InChI=1S/C14H12ClFO/c15-13-6-5-10(7-8-17)9-12(13)11-3-1-2-4-14(11)16/h1-6,9,17H,7-8H2. The summed E-state index contributed by atoms with van der Waals surface area (Å²) in [4.78, 5) is 0. The van der Waals surface area contributed by atoms with Gasteiger partial charge in [-0.25, -0.2) is 4.39 Å². The van der Waals surface area contributed by atoms with Gasteiger partial charge in [-0.3, -0.25) is 0 Å². The van der Waals surface area contributed by atoms with E-state index < -0.39 is 0 Å². The second kappa shape index (κ2) is 5.30. The minimum absolute atomic E-state index is 0.0678. The highest BCUT2D eigenvalue weighted by molar-refractivity contribution is 6.33. The van der Waals surface area contributed by atoms with E-state index in [0.717, 1.165) is 5.56 Å². The van der Waals surface area contributed by atoms with Crippen molar-refractivity contribution in [3.8, 4) is 11.1 Å². The minimum atomic E-state index is -0.296. The fourth-order valence-corrected chi connectivity index (χ4v) is 1.96. The van der Waals surface area contributed by atoms with Crippen LogP contribution in [0.3, 0.4) is 0 Å². The number of halogens is 2. The molecule has 2 aromatic carbocycles. The number of aliphatic hydroxyl groups is 1. The van der Waals surface area contributed by atoms with Gasteiger partial charge in [0, 0.05) is 22.8 Å². The molecule has 1 nitrogen and oxygen atoms in total. The van der Waals surface area contributed by atoms with Gasteiger partial charge in [0.05, 0.1) is 0 Å². The van der Waals surface area contributed by atoms with E-state index >= 15 is 0 Å². The van der Waals surface area contributed by atoms with Crippen molar-refractivity contribution in [3.05, 3.63) is 58.9 Å². The maximum Gasteiger partial charge on any atom is 0.131 e. The van der Waals surface area contributed by atoms with Crippen molar-refractivity contribution in [2.75, 3.05) is 6.61 Å². The van der Waals surface area contributed by atoms with Crippen LogP contribution in [-0.2, 0) is 6.42 Å². The van der Waals surface area contributed by atoms with Crippen LogP contribution < -0.4 is 0 Å². The van der Waals surface area contributed by atoms with E-state index in [1.807, 2.05) is 12.1 Å². The van der Waals surface area contributed by atoms with Gasteiger partial charge in [-0.05, 0) is 30.2 Å². The van der Waals surface area contributed by atoms with Gasteiger partial charge < -0.3 is 5.11 Å². The molecule has 0 bridgehead atoms. The molecule has 0 radical (unpaired) electrons. The molecule has 1 N–H and O–H groups in total. The quantitative estimate of drug-likeness (QED) is 0.881. The first-order valence-electron chi connectivity index (χ1n) is 5.36. The van der Waals surface area contributed by atoms with E-state index in [-0.39, 0.29) is 12.4 Å². The van der Waals surface area contributed by atoms with Crippen LogP contribution >= 0.6 is 11.6 Å². The highest BCUT2D eigenvalue weighted by Gasteiger charge is 2.08. The highest BCUT2D eigenvalue weighted by Crippen LogP contribution is 2.30. The summed E-state index contributed by atoms with van der Waals surface area (Å²) < 4.78 is 13.7. The average Bonchev–Trinajstić information content (AvgIpc) is 2.33. The Balaban J connectivity index is 2.51. The largest absolute Gasteiger partial charge is 0.396 e. The van der Waals surface area contributed by atoms with Gasteiger partial charge in [0.2, 0.25) is 0 Å². The molecule has 17 heavy (non-hydrogen) atoms. The number of hydrogen-bond donors (Lipinski definition) is 1. The predicted molar refractivity (Wildman–Crippen MR) is 67.6 cm³/mol. The minimum Gasteiger partial charge on any atom is -0.396 e. The maximum absolute atomic E-state index is 13.7. The Labute approximate surface area is 104 Å². The summed E-state index contributed by atoms with van der Waals surface area (Å²) in [7, 11) is 0. The van der Waals surface area contributed by atoms with Crippen LogP contribution in [0.2, 0.25) is 5.02 Å². The molecule has 2 aromatic rings. The fourth-order valence-electron chi connectivity index (χ4n) is 1.74. The fraction of sp³-hybridized carbons (Fsp3) is 0.143. The van der Waals surface area contributed by atoms with E-state index in [1.54, 1.807) is 24.3 Å². The van der Waals surface area contributed by atoms with Gasteiger partial charge >= 0.3 is 0 Å². The monoisotopic (exact) mass is 250 g/mol. The molecular formula is C14H12ClFO. The Bertz CT molecular complexity index is 525. The number of hydrogen-bond acceptors (Lipinski definition) is 1. The SMILES string of the molecule is OCCc1ccc(Cl)c(-c2ccccc2F)c1. The Morgan fingerprint density at radius 1 is 1.06 bits per heavy atom. The third-order valence-corrected chi connectivity index (χ3v) is 2.92. The summed E-state index contributed by atoms with van der Waals surface area (Å²) in [5, 5.41) is 9.41. The third kappa shape index (κ3) is 2.65. The van der Waals surface area contributed by atoms with Gasteiger partial charge in [-0.15, -0.1) is 0 Å². The van der Waals surface area contributed by atoms with Gasteiger partial charge in [0.1, 0.15) is 5.82 Å². The Kier molecular flexibility index (Phi) is 3.77. The molecule has 2 rings (SSSR count). The van der Waals surface area contributed by atoms with Crippen LogP contribution in [-0.4, -0.2) is 11.7 Å². The molecule has 3 heteroatoms. The Morgan fingerprint density at radius 2 is 1.82 bits per heavy atom. The Hall–Kier alpha value is -1.38.